The van der Waals surface area contributed by atoms with Crippen molar-refractivity contribution in [3.63, 3.8) is 0 Å². The maximum absolute atomic E-state index is 5.97. The first kappa shape index (κ1) is 12.6. The molecule has 1 aliphatic heterocycles. The van der Waals surface area contributed by atoms with Crippen LogP contribution in [0.15, 0.2) is 28.1 Å². The highest BCUT2D eigenvalue weighted by atomic mass is 35.5. The number of aliphatic imine (C=N–C) groups is 1. The molecule has 2 rings (SSSR count). The summed E-state index contributed by atoms with van der Waals surface area (Å²) in [5, 5.41) is 3.99. The van der Waals surface area contributed by atoms with Gasteiger partial charge < -0.3 is 5.32 Å². The highest BCUT2D eigenvalue weighted by Gasteiger charge is 2.15. The number of fused-ring (bicyclic) bond motifs is 1. The Hall–Kier alpha value is -0.870. The maximum atomic E-state index is 5.97. The summed E-state index contributed by atoms with van der Waals surface area (Å²) in [5.74, 6) is 1.32. The zero-order valence-corrected chi connectivity index (χ0v) is 11.7. The minimum atomic E-state index is 0.284. The Morgan fingerprint density at radius 3 is 2.76 bits per heavy atom. The van der Waals surface area contributed by atoms with Gasteiger partial charge in [0.2, 0.25) is 5.96 Å². The molecule has 0 bridgehead atoms. The van der Waals surface area contributed by atoms with E-state index in [1.165, 1.54) is 0 Å². The topological polar surface area (TPSA) is 36.4 Å². The summed E-state index contributed by atoms with van der Waals surface area (Å²) in [7, 11) is 0. The Balaban J connectivity index is 2.18. The monoisotopic (exact) mass is 269 g/mol. The Morgan fingerprint density at radius 1 is 1.29 bits per heavy atom. The molecule has 1 heterocycles. The van der Waals surface area contributed by atoms with Crippen LogP contribution in [-0.4, -0.2) is 12.0 Å². The standard InChI is InChI=1S/C12H16ClN3S/c1-7(2)8(3)14-12-15-10-6-9(13)4-5-11(10)17-16-12/h4-8H,1-3H3,(H2,14,15,16). The number of hydrogen-bond donors (Lipinski definition) is 2. The Labute approximate surface area is 111 Å². The van der Waals surface area contributed by atoms with Crippen LogP contribution < -0.4 is 10.0 Å². The van der Waals surface area contributed by atoms with Gasteiger partial charge in [-0.3, -0.25) is 4.72 Å². The number of rotatable bonds is 2. The van der Waals surface area contributed by atoms with E-state index in [1.807, 2.05) is 18.2 Å². The van der Waals surface area contributed by atoms with Gasteiger partial charge in [-0.2, -0.15) is 0 Å². The van der Waals surface area contributed by atoms with Crippen molar-refractivity contribution in [3.05, 3.63) is 23.2 Å². The smallest absolute Gasteiger partial charge is 0.206 e. The third-order valence-electron chi connectivity index (χ3n) is 2.75. The average molecular weight is 270 g/mol. The second kappa shape index (κ2) is 5.19. The predicted molar refractivity (Wildman–Crippen MR) is 75.8 cm³/mol. The Morgan fingerprint density at radius 2 is 2.06 bits per heavy atom. The molecule has 1 aliphatic rings. The molecular weight excluding hydrogens is 254 g/mol. The molecule has 0 radical (unpaired) electrons. The average Bonchev–Trinajstić information content (AvgIpc) is 2.28. The van der Waals surface area contributed by atoms with Crippen molar-refractivity contribution < 1.29 is 0 Å². The molecule has 17 heavy (non-hydrogen) atoms. The van der Waals surface area contributed by atoms with E-state index in [1.54, 1.807) is 11.9 Å². The summed E-state index contributed by atoms with van der Waals surface area (Å²) in [4.78, 5) is 5.72. The molecule has 92 valence electrons. The van der Waals surface area contributed by atoms with Gasteiger partial charge in [-0.05, 0) is 43.0 Å². The van der Waals surface area contributed by atoms with Crippen molar-refractivity contribution in [1.82, 2.24) is 4.72 Å². The Bertz CT molecular complexity index is 445. The van der Waals surface area contributed by atoms with Crippen LogP contribution in [0.3, 0.4) is 0 Å². The van der Waals surface area contributed by atoms with Gasteiger partial charge in [0, 0.05) is 5.02 Å². The first-order valence-electron chi connectivity index (χ1n) is 5.63. The third kappa shape index (κ3) is 3.07. The van der Waals surface area contributed by atoms with E-state index < -0.39 is 0 Å². The van der Waals surface area contributed by atoms with E-state index in [2.05, 4.69) is 35.8 Å². The maximum Gasteiger partial charge on any atom is 0.206 e. The SMILES string of the molecule is CC(C)C(C)N=C1NSc2ccc(Cl)cc2N1. The van der Waals surface area contributed by atoms with Crippen LogP contribution >= 0.6 is 23.5 Å². The molecule has 1 unspecified atom stereocenters. The molecule has 0 fully saturated rings. The summed E-state index contributed by atoms with van der Waals surface area (Å²) in [6.07, 6.45) is 0. The lowest BCUT2D eigenvalue weighted by Crippen LogP contribution is -2.31. The second-order valence-corrected chi connectivity index (χ2v) is 5.72. The fourth-order valence-electron chi connectivity index (χ4n) is 1.36. The third-order valence-corrected chi connectivity index (χ3v) is 3.86. The molecule has 0 spiro atoms. The molecule has 5 heteroatoms. The number of benzene rings is 1. The molecule has 0 saturated carbocycles. The van der Waals surface area contributed by atoms with Gasteiger partial charge in [0.25, 0.3) is 0 Å². The number of nitrogens with zero attached hydrogens (tertiary/aromatic N) is 1. The van der Waals surface area contributed by atoms with Gasteiger partial charge in [-0.1, -0.05) is 25.4 Å². The second-order valence-electron chi connectivity index (χ2n) is 4.43. The lowest BCUT2D eigenvalue weighted by atomic mass is 10.1. The predicted octanol–water partition coefficient (Wildman–Crippen LogP) is 3.76. The highest BCUT2D eigenvalue weighted by Crippen LogP contribution is 2.31. The lowest BCUT2D eigenvalue weighted by molar-refractivity contribution is 0.530. The zero-order valence-electron chi connectivity index (χ0n) is 10.1. The number of guanidine groups is 1. The highest BCUT2D eigenvalue weighted by molar-refractivity contribution is 7.98. The van der Waals surface area contributed by atoms with Gasteiger partial charge in [0.1, 0.15) is 0 Å². The van der Waals surface area contributed by atoms with Crippen molar-refractivity contribution >= 4 is 35.2 Å². The number of anilines is 1. The molecule has 1 atom stereocenters. The van der Waals surface area contributed by atoms with Gasteiger partial charge in [0.15, 0.2) is 0 Å². The van der Waals surface area contributed by atoms with Crippen LogP contribution in [0.1, 0.15) is 20.8 Å². The fourth-order valence-corrected chi connectivity index (χ4v) is 2.20. The van der Waals surface area contributed by atoms with Crippen molar-refractivity contribution in [2.75, 3.05) is 5.32 Å². The zero-order chi connectivity index (χ0) is 12.4. The van der Waals surface area contributed by atoms with E-state index in [9.17, 15) is 0 Å². The van der Waals surface area contributed by atoms with E-state index in [0.29, 0.717) is 5.92 Å². The van der Waals surface area contributed by atoms with Crippen molar-refractivity contribution in [2.45, 2.75) is 31.7 Å². The largest absolute Gasteiger partial charge is 0.325 e. The molecule has 2 N–H and O–H groups in total. The molecule has 1 aromatic rings. The van der Waals surface area contributed by atoms with Gasteiger partial charge in [0.05, 0.1) is 16.6 Å². The number of halogens is 1. The first-order chi connectivity index (χ1) is 8.06. The summed E-state index contributed by atoms with van der Waals surface area (Å²) in [5.41, 5.74) is 1.01. The van der Waals surface area contributed by atoms with E-state index in [0.717, 1.165) is 21.6 Å². The van der Waals surface area contributed by atoms with E-state index in [4.69, 9.17) is 11.6 Å². The summed E-state index contributed by atoms with van der Waals surface area (Å²) >= 11 is 7.53. The van der Waals surface area contributed by atoms with Crippen molar-refractivity contribution in [2.24, 2.45) is 10.9 Å². The molecule has 0 aromatic heterocycles. The molecule has 0 aliphatic carbocycles. The van der Waals surface area contributed by atoms with Crippen LogP contribution in [-0.2, 0) is 0 Å². The number of hydrogen-bond acceptors (Lipinski definition) is 2. The van der Waals surface area contributed by atoms with Crippen molar-refractivity contribution in [1.29, 1.82) is 0 Å². The summed E-state index contributed by atoms with van der Waals surface area (Å²) < 4.78 is 3.19. The minimum absolute atomic E-state index is 0.284. The lowest BCUT2D eigenvalue weighted by Gasteiger charge is -2.22. The minimum Gasteiger partial charge on any atom is -0.325 e. The summed E-state index contributed by atoms with van der Waals surface area (Å²) in [6, 6.07) is 6.08. The molecule has 0 saturated heterocycles. The molecular formula is C12H16ClN3S. The van der Waals surface area contributed by atoms with Crippen LogP contribution in [0.5, 0.6) is 0 Å². The van der Waals surface area contributed by atoms with Crippen molar-refractivity contribution in [3.8, 4) is 0 Å². The van der Waals surface area contributed by atoms with Crippen LogP contribution in [0.2, 0.25) is 5.02 Å². The van der Waals surface area contributed by atoms with Gasteiger partial charge in [-0.25, -0.2) is 4.99 Å². The van der Waals surface area contributed by atoms with E-state index in [-0.39, 0.29) is 6.04 Å². The molecule has 0 amide bonds. The normalized spacial score (nSPS) is 18.5. The quantitative estimate of drug-likeness (QED) is 0.803. The van der Waals surface area contributed by atoms with Crippen LogP contribution in [0, 0.1) is 5.92 Å². The first-order valence-corrected chi connectivity index (χ1v) is 6.83. The van der Waals surface area contributed by atoms with E-state index >= 15 is 0 Å². The fraction of sp³-hybridized carbons (Fsp3) is 0.417. The number of nitrogens with one attached hydrogen (secondary N) is 2. The Kier molecular flexibility index (Phi) is 3.84. The van der Waals surface area contributed by atoms with Crippen LogP contribution in [0.25, 0.3) is 0 Å². The molecule has 3 nitrogen and oxygen atoms in total. The van der Waals surface area contributed by atoms with Gasteiger partial charge in [-0.15, -0.1) is 0 Å². The summed E-state index contributed by atoms with van der Waals surface area (Å²) in [6.45, 7) is 6.43. The van der Waals surface area contributed by atoms with Crippen LogP contribution in [0.4, 0.5) is 5.69 Å². The molecule has 1 aromatic carbocycles. The van der Waals surface area contributed by atoms with Gasteiger partial charge >= 0.3 is 0 Å².